The number of benzene rings is 1. The molecule has 0 saturated carbocycles. The Labute approximate surface area is 101 Å². The molecule has 0 aliphatic rings. The minimum atomic E-state index is -0.260. The first kappa shape index (κ1) is 12.2. The third-order valence-corrected chi connectivity index (χ3v) is 2.90. The van der Waals surface area contributed by atoms with Crippen LogP contribution >= 0.6 is 21.3 Å². The van der Waals surface area contributed by atoms with Gasteiger partial charge in [-0.25, -0.2) is 0 Å². The molecule has 1 aromatic carbocycles. The molecule has 0 radical (unpaired) electrons. The van der Waals surface area contributed by atoms with Crippen LogP contribution in [0.2, 0.25) is 5.02 Å². The summed E-state index contributed by atoms with van der Waals surface area (Å²) in [5.41, 5.74) is 0.986. The second kappa shape index (κ2) is 5.85. The summed E-state index contributed by atoms with van der Waals surface area (Å²) >= 11 is 5.62. The van der Waals surface area contributed by atoms with Crippen molar-refractivity contribution in [3.8, 4) is 5.75 Å². The summed E-state index contributed by atoms with van der Waals surface area (Å²) in [4.78, 5) is 0. The molecule has 0 amide bonds. The summed E-state index contributed by atoms with van der Waals surface area (Å²) in [7, 11) is 5.73. The van der Waals surface area contributed by atoms with Gasteiger partial charge in [-0.3, -0.25) is 0 Å². The van der Waals surface area contributed by atoms with E-state index < -0.39 is 0 Å². The van der Waals surface area contributed by atoms with Crippen LogP contribution in [0.3, 0.4) is 0 Å². The average molecular weight is 319 g/mol. The van der Waals surface area contributed by atoms with E-state index in [-0.39, 0.29) is 21.8 Å². The number of rotatable bonds is 3. The van der Waals surface area contributed by atoms with Gasteiger partial charge in [0.2, 0.25) is 0 Å². The number of halogens is 2. The van der Waals surface area contributed by atoms with Crippen LogP contribution in [0.1, 0.15) is 19.4 Å². The van der Waals surface area contributed by atoms with Gasteiger partial charge in [-0.05, 0) is 0 Å². The first-order chi connectivity index (χ1) is 6.63. The van der Waals surface area contributed by atoms with Crippen molar-refractivity contribution < 1.29 is 20.4 Å². The molecule has 0 saturated heterocycles. The third-order valence-electron chi connectivity index (χ3n) is 1.48. The van der Waals surface area contributed by atoms with Crippen LogP contribution in [0, 0.1) is 0 Å². The molecule has 14 heavy (non-hydrogen) atoms. The van der Waals surface area contributed by atoms with Gasteiger partial charge in [-0.2, -0.15) is 0 Å². The molecule has 4 heteroatoms. The van der Waals surface area contributed by atoms with Crippen molar-refractivity contribution in [1.29, 1.82) is 0 Å². The van der Waals surface area contributed by atoms with E-state index in [4.69, 9.17) is 26.0 Å². The average Bonchev–Trinajstić information content (AvgIpc) is 2.09. The van der Waals surface area contributed by atoms with Gasteiger partial charge in [0.1, 0.15) is 0 Å². The summed E-state index contributed by atoms with van der Waals surface area (Å²) in [5, 5.41) is 0.707. The van der Waals surface area contributed by atoms with Crippen molar-refractivity contribution in [3.05, 3.63) is 28.8 Å². The summed E-state index contributed by atoms with van der Waals surface area (Å²) in [5.74, 6) is 0.847. The van der Waals surface area contributed by atoms with Gasteiger partial charge >= 0.3 is 101 Å². The molecule has 79 valence electrons. The Morgan fingerprint density at radius 2 is 2.14 bits per heavy atom. The van der Waals surface area contributed by atoms with Crippen LogP contribution < -0.4 is 4.74 Å². The van der Waals surface area contributed by atoms with Gasteiger partial charge in [0, 0.05) is 0 Å². The summed E-state index contributed by atoms with van der Waals surface area (Å²) in [6.45, 7) is 3.99. The second-order valence-electron chi connectivity index (χ2n) is 3.03. The zero-order valence-electron chi connectivity index (χ0n) is 7.90. The topological polar surface area (TPSA) is 9.23 Å². The van der Waals surface area contributed by atoms with E-state index >= 15 is 0 Å². The van der Waals surface area contributed by atoms with Crippen LogP contribution in [0.5, 0.6) is 5.75 Å². The van der Waals surface area contributed by atoms with E-state index in [1.165, 1.54) is 0 Å². The SMILES string of the molecule is CC(C)Oc1ccc(Cl)cc1[CH]=[Ru][Cl]. The molecule has 0 atom stereocenters. The Morgan fingerprint density at radius 3 is 2.71 bits per heavy atom. The first-order valence-electron chi connectivity index (χ1n) is 4.15. The normalized spacial score (nSPS) is 11.8. The summed E-state index contributed by atoms with van der Waals surface area (Å²) in [6.07, 6.45) is 0.162. The van der Waals surface area contributed by atoms with E-state index in [1.54, 1.807) is 0 Å². The summed E-state index contributed by atoms with van der Waals surface area (Å²) < 4.78 is 7.59. The molecule has 0 bridgehead atoms. The number of hydrogen-bond acceptors (Lipinski definition) is 1. The maximum atomic E-state index is 5.88. The van der Waals surface area contributed by atoms with Crippen molar-refractivity contribution in [2.75, 3.05) is 0 Å². The molecule has 0 fully saturated rings. The Hall–Kier alpha value is 0.0934. The molecule has 1 rings (SSSR count). The summed E-state index contributed by atoms with van der Waals surface area (Å²) in [6, 6.07) is 5.57. The van der Waals surface area contributed by atoms with E-state index in [1.807, 2.05) is 36.7 Å². The quantitative estimate of drug-likeness (QED) is 0.775. The standard InChI is InChI=1S/C10H11ClO.ClH.Ru/c1-7(2)12-10-5-4-9(11)6-8(10)3;;/h3-7H,1-2H3;1H;/q;;+1/p-1. The fourth-order valence-electron chi connectivity index (χ4n) is 1.00. The van der Waals surface area contributed by atoms with Gasteiger partial charge in [0.25, 0.3) is 0 Å². The van der Waals surface area contributed by atoms with Crippen molar-refractivity contribution in [2.24, 2.45) is 0 Å². The molecule has 0 spiro atoms. The van der Waals surface area contributed by atoms with Gasteiger partial charge in [-0.15, -0.1) is 0 Å². The molecule has 0 unspecified atom stereocenters. The fourth-order valence-corrected chi connectivity index (χ4v) is 2.27. The molecule has 0 N–H and O–H groups in total. The Morgan fingerprint density at radius 1 is 1.43 bits per heavy atom. The van der Waals surface area contributed by atoms with Gasteiger partial charge in [-0.1, -0.05) is 0 Å². The monoisotopic (exact) mass is 319 g/mol. The van der Waals surface area contributed by atoms with Gasteiger partial charge in [0.05, 0.1) is 0 Å². The zero-order chi connectivity index (χ0) is 10.6. The number of ether oxygens (including phenoxy) is 1. The molecule has 1 aromatic rings. The van der Waals surface area contributed by atoms with Crippen LogP contribution in [0.15, 0.2) is 18.2 Å². The van der Waals surface area contributed by atoms with E-state index in [2.05, 4.69) is 0 Å². The molecule has 0 aromatic heterocycles. The predicted octanol–water partition coefficient (Wildman–Crippen LogP) is 3.51. The molecule has 0 aliphatic heterocycles. The maximum absolute atomic E-state index is 5.88. The van der Waals surface area contributed by atoms with Crippen LogP contribution in [-0.4, -0.2) is 10.7 Å². The van der Waals surface area contributed by atoms with Crippen molar-refractivity contribution in [1.82, 2.24) is 0 Å². The molecule has 1 nitrogen and oxygen atoms in total. The third kappa shape index (κ3) is 3.69. The molecule has 0 aliphatic carbocycles. The number of hydrogen-bond donors (Lipinski definition) is 0. The van der Waals surface area contributed by atoms with Crippen molar-refractivity contribution in [2.45, 2.75) is 20.0 Å². The molecule has 0 heterocycles. The van der Waals surface area contributed by atoms with Gasteiger partial charge in [0.15, 0.2) is 0 Å². The van der Waals surface area contributed by atoms with Crippen molar-refractivity contribution in [3.63, 3.8) is 0 Å². The Kier molecular flexibility index (Phi) is 5.08. The van der Waals surface area contributed by atoms with E-state index in [9.17, 15) is 0 Å². The minimum absolute atomic E-state index is 0.162. The Balaban J connectivity index is 3.01. The van der Waals surface area contributed by atoms with Crippen molar-refractivity contribution >= 4 is 25.9 Å². The van der Waals surface area contributed by atoms with Gasteiger partial charge < -0.3 is 0 Å². The second-order valence-corrected chi connectivity index (χ2v) is 5.26. The fraction of sp³-hybridized carbons (Fsp3) is 0.300. The van der Waals surface area contributed by atoms with Crippen LogP contribution in [-0.2, 0) is 15.7 Å². The molecular formula is C10H11Cl2ORu. The predicted molar refractivity (Wildman–Crippen MR) is 58.2 cm³/mol. The first-order valence-corrected chi connectivity index (χ1v) is 7.77. The van der Waals surface area contributed by atoms with E-state index in [0.717, 1.165) is 11.3 Å². The van der Waals surface area contributed by atoms with E-state index in [0.29, 0.717) is 5.02 Å². The Bertz CT molecular complexity index is 337. The van der Waals surface area contributed by atoms with Crippen LogP contribution in [0.25, 0.3) is 0 Å². The molecular weight excluding hydrogens is 308 g/mol. The zero-order valence-corrected chi connectivity index (χ0v) is 11.2. The van der Waals surface area contributed by atoms with Crippen LogP contribution in [0.4, 0.5) is 0 Å².